The molecule has 1 heterocycles. The molecule has 5 fully saturated rings. The molecule has 2 nitrogen and oxygen atoms in total. The Balaban J connectivity index is 0.00000125. The van der Waals surface area contributed by atoms with E-state index in [1.54, 1.807) is 0 Å². The molecule has 22 heavy (non-hydrogen) atoms. The molecule has 1 aliphatic heterocycles. The second-order valence-corrected chi connectivity index (χ2v) is 8.00. The lowest BCUT2D eigenvalue weighted by atomic mass is 9.47. The predicted octanol–water partition coefficient (Wildman–Crippen LogP) is 4.61. The summed E-state index contributed by atoms with van der Waals surface area (Å²) in [5.74, 6) is 3.82. The quantitative estimate of drug-likeness (QED) is 0.749. The number of halogens is 1. The number of hydrogen-bond acceptors (Lipinski definition) is 2. The first-order valence-corrected chi connectivity index (χ1v) is 8.71. The van der Waals surface area contributed by atoms with Crippen molar-refractivity contribution in [1.82, 2.24) is 5.06 Å². The van der Waals surface area contributed by atoms with Gasteiger partial charge in [-0.15, -0.1) is 12.4 Å². The molecule has 0 aromatic heterocycles. The van der Waals surface area contributed by atoms with Crippen LogP contribution in [0.2, 0.25) is 0 Å². The molecule has 4 saturated carbocycles. The third kappa shape index (κ3) is 1.93. The van der Waals surface area contributed by atoms with Gasteiger partial charge in [-0.3, -0.25) is 4.84 Å². The minimum Gasteiger partial charge on any atom is -0.291 e. The summed E-state index contributed by atoms with van der Waals surface area (Å²) in [4.78, 5) is 6.36. The van der Waals surface area contributed by atoms with Gasteiger partial charge < -0.3 is 0 Å². The summed E-state index contributed by atoms with van der Waals surface area (Å²) in [5, 5.41) is 2.30. The van der Waals surface area contributed by atoms with Gasteiger partial charge in [0.2, 0.25) is 0 Å². The average Bonchev–Trinajstić information content (AvgIpc) is 2.84. The smallest absolute Gasteiger partial charge is 0.106 e. The van der Waals surface area contributed by atoms with Crippen LogP contribution >= 0.6 is 12.4 Å². The van der Waals surface area contributed by atoms with Gasteiger partial charge in [0.1, 0.15) is 6.10 Å². The Bertz CT molecular complexity index is 518. The average molecular weight is 320 g/mol. The van der Waals surface area contributed by atoms with Crippen molar-refractivity contribution < 1.29 is 4.84 Å². The highest BCUT2D eigenvalue weighted by atomic mass is 35.5. The molecule has 4 aliphatic carbocycles. The van der Waals surface area contributed by atoms with Crippen molar-refractivity contribution >= 4 is 12.4 Å². The number of benzene rings is 1. The van der Waals surface area contributed by atoms with Crippen LogP contribution < -0.4 is 0 Å². The molecule has 1 unspecified atom stereocenters. The van der Waals surface area contributed by atoms with Gasteiger partial charge in [0.25, 0.3) is 0 Å². The zero-order valence-electron chi connectivity index (χ0n) is 13.3. The predicted molar refractivity (Wildman–Crippen MR) is 89.7 cm³/mol. The van der Waals surface area contributed by atoms with Crippen LogP contribution in [0.4, 0.5) is 0 Å². The molecule has 0 radical (unpaired) electrons. The first kappa shape index (κ1) is 15.0. The maximum atomic E-state index is 6.36. The number of nitrogens with zero attached hydrogens (tertiary/aromatic N) is 1. The number of hydrogen-bond donors (Lipinski definition) is 0. The fourth-order valence-electron chi connectivity index (χ4n) is 6.45. The summed E-state index contributed by atoms with van der Waals surface area (Å²) >= 11 is 0. The Labute approximate surface area is 139 Å². The zero-order valence-corrected chi connectivity index (χ0v) is 14.1. The molecule has 1 atom stereocenters. The molecule has 0 amide bonds. The van der Waals surface area contributed by atoms with Crippen LogP contribution in [0, 0.1) is 23.7 Å². The Morgan fingerprint density at radius 3 is 2.14 bits per heavy atom. The second kappa shape index (κ2) is 5.22. The van der Waals surface area contributed by atoms with E-state index in [-0.39, 0.29) is 18.5 Å². The van der Waals surface area contributed by atoms with E-state index in [0.717, 1.165) is 23.7 Å². The highest BCUT2D eigenvalue weighted by molar-refractivity contribution is 5.85. The van der Waals surface area contributed by atoms with Crippen molar-refractivity contribution in [3.63, 3.8) is 0 Å². The summed E-state index contributed by atoms with van der Waals surface area (Å²) in [7, 11) is 2.21. The maximum absolute atomic E-state index is 6.36. The van der Waals surface area contributed by atoms with Gasteiger partial charge in [-0.05, 0) is 61.3 Å². The first-order valence-electron chi connectivity index (χ1n) is 8.71. The Hall–Kier alpha value is -0.570. The fourth-order valence-corrected chi connectivity index (χ4v) is 6.45. The lowest BCUT2D eigenvalue weighted by molar-refractivity contribution is -0.228. The lowest BCUT2D eigenvalue weighted by Gasteiger charge is -2.61. The van der Waals surface area contributed by atoms with Crippen molar-refractivity contribution in [2.24, 2.45) is 23.7 Å². The molecule has 1 spiro atoms. The van der Waals surface area contributed by atoms with Crippen molar-refractivity contribution in [3.8, 4) is 0 Å². The van der Waals surface area contributed by atoms with Crippen LogP contribution in [0.25, 0.3) is 0 Å². The number of rotatable bonds is 1. The van der Waals surface area contributed by atoms with E-state index in [2.05, 4.69) is 42.4 Å². The van der Waals surface area contributed by atoms with E-state index in [1.807, 2.05) is 0 Å². The van der Waals surface area contributed by atoms with E-state index in [4.69, 9.17) is 4.84 Å². The largest absolute Gasteiger partial charge is 0.291 e. The zero-order chi connectivity index (χ0) is 14.0. The highest BCUT2D eigenvalue weighted by Gasteiger charge is 2.62. The summed E-state index contributed by atoms with van der Waals surface area (Å²) in [6.07, 6.45) is 8.85. The fraction of sp³-hybridized carbons (Fsp3) is 0.684. The topological polar surface area (TPSA) is 12.5 Å². The summed E-state index contributed by atoms with van der Waals surface area (Å²) < 4.78 is 0. The van der Waals surface area contributed by atoms with Crippen molar-refractivity contribution in [2.45, 2.75) is 50.2 Å². The highest BCUT2D eigenvalue weighted by Crippen LogP contribution is 2.64. The van der Waals surface area contributed by atoms with E-state index in [0.29, 0.717) is 5.54 Å². The van der Waals surface area contributed by atoms with Crippen molar-refractivity contribution in [1.29, 1.82) is 0 Å². The van der Waals surface area contributed by atoms with E-state index >= 15 is 0 Å². The molecule has 0 N–H and O–H groups in total. The van der Waals surface area contributed by atoms with E-state index < -0.39 is 0 Å². The molecule has 3 heteroatoms. The molecule has 4 bridgehead atoms. The van der Waals surface area contributed by atoms with Crippen molar-refractivity contribution in [2.75, 3.05) is 7.05 Å². The Morgan fingerprint density at radius 2 is 1.55 bits per heavy atom. The monoisotopic (exact) mass is 319 g/mol. The normalized spacial score (nSPS) is 46.1. The van der Waals surface area contributed by atoms with Crippen molar-refractivity contribution in [3.05, 3.63) is 35.9 Å². The van der Waals surface area contributed by atoms with Gasteiger partial charge in [0.05, 0.1) is 5.54 Å². The molecule has 120 valence electrons. The Morgan fingerprint density at radius 1 is 0.955 bits per heavy atom. The van der Waals surface area contributed by atoms with Gasteiger partial charge in [-0.1, -0.05) is 30.3 Å². The summed E-state index contributed by atoms with van der Waals surface area (Å²) in [6, 6.07) is 10.8. The molecule has 6 rings (SSSR count). The SMILES string of the molecule is CN1OC(c2ccccc2)CC12C1CC3CC(C1)CC2C3.Cl. The lowest BCUT2D eigenvalue weighted by Crippen LogP contribution is -2.62. The third-order valence-electron chi connectivity index (χ3n) is 7.11. The summed E-state index contributed by atoms with van der Waals surface area (Å²) in [6.45, 7) is 0. The minimum absolute atomic E-state index is 0. The van der Waals surface area contributed by atoms with Crippen LogP contribution in [0.5, 0.6) is 0 Å². The van der Waals surface area contributed by atoms with Crippen LogP contribution in [-0.2, 0) is 4.84 Å². The molecule has 5 aliphatic rings. The van der Waals surface area contributed by atoms with Crippen LogP contribution in [0.3, 0.4) is 0 Å². The molecular weight excluding hydrogens is 294 g/mol. The van der Waals surface area contributed by atoms with Gasteiger partial charge in [-0.2, -0.15) is 5.06 Å². The van der Waals surface area contributed by atoms with Gasteiger partial charge in [0, 0.05) is 13.5 Å². The van der Waals surface area contributed by atoms with E-state index in [1.165, 1.54) is 44.1 Å². The molecule has 1 aromatic rings. The summed E-state index contributed by atoms with van der Waals surface area (Å²) in [5.41, 5.74) is 1.70. The maximum Gasteiger partial charge on any atom is 0.106 e. The van der Waals surface area contributed by atoms with Crippen LogP contribution in [0.15, 0.2) is 30.3 Å². The van der Waals surface area contributed by atoms with Gasteiger partial charge in [-0.25, -0.2) is 0 Å². The standard InChI is InChI=1S/C19H25NO.ClH/c1-20-19(12-18(21-20)15-5-3-2-4-6-15)16-8-13-7-14(10-16)11-17(19)9-13;/h2-6,13-14,16-18H,7-12H2,1H3;1H. The van der Waals surface area contributed by atoms with E-state index in [9.17, 15) is 0 Å². The van der Waals surface area contributed by atoms with Crippen LogP contribution in [-0.4, -0.2) is 17.6 Å². The second-order valence-electron chi connectivity index (χ2n) is 8.00. The number of hydroxylamine groups is 2. The first-order chi connectivity index (χ1) is 10.3. The molecule has 1 saturated heterocycles. The minimum atomic E-state index is 0. The van der Waals surface area contributed by atoms with Gasteiger partial charge >= 0.3 is 0 Å². The molecular formula is C19H26ClNO. The van der Waals surface area contributed by atoms with Crippen LogP contribution in [0.1, 0.15) is 50.2 Å². The Kier molecular flexibility index (Phi) is 3.56. The third-order valence-corrected chi connectivity index (χ3v) is 7.11. The van der Waals surface area contributed by atoms with Gasteiger partial charge in [0.15, 0.2) is 0 Å². The molecule has 1 aromatic carbocycles.